The van der Waals surface area contributed by atoms with E-state index in [2.05, 4.69) is 29.3 Å². The van der Waals surface area contributed by atoms with Crippen molar-refractivity contribution in [3.05, 3.63) is 53.5 Å². The van der Waals surface area contributed by atoms with E-state index in [1.54, 1.807) is 0 Å². The number of benzene rings is 1. The molecule has 3 aliphatic rings. The molecule has 2 aliphatic heterocycles. The number of para-hydroxylation sites is 1. The normalized spacial score (nSPS) is 24.3. The van der Waals surface area contributed by atoms with E-state index in [1.807, 2.05) is 19.1 Å². The van der Waals surface area contributed by atoms with Crippen molar-refractivity contribution in [3.63, 3.8) is 0 Å². The summed E-state index contributed by atoms with van der Waals surface area (Å²) in [4.78, 5) is 0. The molecule has 1 atom stereocenters. The molecule has 5 rings (SSSR count). The summed E-state index contributed by atoms with van der Waals surface area (Å²) in [6, 6.07) is 12.7. The van der Waals surface area contributed by atoms with Gasteiger partial charge < -0.3 is 9.15 Å². The van der Waals surface area contributed by atoms with Crippen LogP contribution in [0.5, 0.6) is 5.75 Å². The monoisotopic (exact) mass is 308 g/mol. The average Bonchev–Trinajstić information content (AvgIpc) is 3.27. The smallest absolute Gasteiger partial charge is 0.198 e. The van der Waals surface area contributed by atoms with Crippen LogP contribution in [-0.2, 0) is 0 Å². The molecule has 1 unspecified atom stereocenters. The lowest BCUT2D eigenvalue weighted by atomic mass is 9.95. The van der Waals surface area contributed by atoms with Crippen LogP contribution in [0.1, 0.15) is 55.2 Å². The highest BCUT2D eigenvalue weighted by molar-refractivity contribution is 5.99. The number of fused-ring (bicyclic) bond motifs is 4. The van der Waals surface area contributed by atoms with Crippen LogP contribution >= 0.6 is 0 Å². The highest BCUT2D eigenvalue weighted by atomic mass is 16.5. The van der Waals surface area contributed by atoms with Gasteiger partial charge in [0.15, 0.2) is 5.72 Å². The second-order valence-electron chi connectivity index (χ2n) is 6.81. The van der Waals surface area contributed by atoms with Gasteiger partial charge in [0.25, 0.3) is 0 Å². The number of furan rings is 1. The van der Waals surface area contributed by atoms with Gasteiger partial charge >= 0.3 is 0 Å². The van der Waals surface area contributed by atoms with E-state index in [9.17, 15) is 0 Å². The van der Waals surface area contributed by atoms with Crippen molar-refractivity contribution in [1.29, 1.82) is 0 Å². The maximum atomic E-state index is 6.47. The minimum atomic E-state index is -0.262. The van der Waals surface area contributed by atoms with Crippen LogP contribution in [0.4, 0.5) is 0 Å². The Morgan fingerprint density at radius 2 is 1.96 bits per heavy atom. The van der Waals surface area contributed by atoms with Gasteiger partial charge in [0.2, 0.25) is 0 Å². The van der Waals surface area contributed by atoms with Crippen molar-refractivity contribution in [2.45, 2.75) is 50.8 Å². The lowest BCUT2D eigenvalue weighted by Crippen LogP contribution is -2.51. The third kappa shape index (κ3) is 1.87. The van der Waals surface area contributed by atoms with Gasteiger partial charge in [-0.15, -0.1) is 0 Å². The zero-order valence-corrected chi connectivity index (χ0v) is 13.3. The molecule has 0 bridgehead atoms. The summed E-state index contributed by atoms with van der Waals surface area (Å²) < 4.78 is 12.3. The molecule has 1 aromatic heterocycles. The predicted molar refractivity (Wildman–Crippen MR) is 87.4 cm³/mol. The molecular formula is C19H20N2O2. The van der Waals surface area contributed by atoms with Gasteiger partial charge in [0.1, 0.15) is 23.0 Å². The molecule has 0 N–H and O–H groups in total. The minimum absolute atomic E-state index is 0.262. The summed E-state index contributed by atoms with van der Waals surface area (Å²) in [5.74, 6) is 2.85. The molecule has 1 aliphatic carbocycles. The van der Waals surface area contributed by atoms with Gasteiger partial charge in [-0.3, -0.25) is 0 Å². The van der Waals surface area contributed by atoms with Crippen molar-refractivity contribution in [3.8, 4) is 5.75 Å². The molecule has 2 aromatic rings. The Bertz CT molecular complexity index is 786. The standard InChI is InChI=1S/C19H20N2O2/c1-13-8-9-18(22-13)15-12-16-14-6-2-3-7-17(14)23-19(21(16)20-15)10-4-5-11-19/h2-3,6-9,16H,4-5,10-12H2,1H3. The zero-order valence-electron chi connectivity index (χ0n) is 13.3. The Morgan fingerprint density at radius 3 is 2.74 bits per heavy atom. The molecule has 0 radical (unpaired) electrons. The van der Waals surface area contributed by atoms with Gasteiger partial charge in [-0.25, -0.2) is 5.01 Å². The van der Waals surface area contributed by atoms with Crippen LogP contribution in [0.25, 0.3) is 0 Å². The molecule has 1 fully saturated rings. The van der Waals surface area contributed by atoms with E-state index in [0.717, 1.165) is 42.2 Å². The SMILES string of the molecule is Cc1ccc(C2=NN3C(C2)c2ccccc2OC32CCCC2)o1. The molecule has 23 heavy (non-hydrogen) atoms. The van der Waals surface area contributed by atoms with E-state index in [0.29, 0.717) is 0 Å². The maximum absolute atomic E-state index is 6.47. The molecule has 0 amide bonds. The Kier molecular flexibility index (Phi) is 2.67. The summed E-state index contributed by atoms with van der Waals surface area (Å²) in [6.07, 6.45) is 5.39. The Balaban J connectivity index is 1.61. The maximum Gasteiger partial charge on any atom is 0.198 e. The van der Waals surface area contributed by atoms with Gasteiger partial charge in [-0.1, -0.05) is 18.2 Å². The first-order valence-corrected chi connectivity index (χ1v) is 8.47. The third-order valence-electron chi connectivity index (χ3n) is 5.32. The van der Waals surface area contributed by atoms with Crippen LogP contribution in [-0.4, -0.2) is 16.4 Å². The molecule has 4 nitrogen and oxygen atoms in total. The van der Waals surface area contributed by atoms with Crippen molar-refractivity contribution >= 4 is 5.71 Å². The zero-order chi connectivity index (χ0) is 15.4. The molecule has 118 valence electrons. The molecular weight excluding hydrogens is 288 g/mol. The number of hydrogen-bond acceptors (Lipinski definition) is 4. The lowest BCUT2D eigenvalue weighted by Gasteiger charge is -2.45. The first-order valence-electron chi connectivity index (χ1n) is 8.47. The summed E-state index contributed by atoms with van der Waals surface area (Å²) in [5.41, 5.74) is 2.02. The van der Waals surface area contributed by atoms with E-state index < -0.39 is 0 Å². The summed E-state index contributed by atoms with van der Waals surface area (Å²) in [5, 5.41) is 7.19. The van der Waals surface area contributed by atoms with Crippen LogP contribution < -0.4 is 4.74 Å². The number of nitrogens with zero attached hydrogens (tertiary/aromatic N) is 2. The molecule has 1 saturated carbocycles. The van der Waals surface area contributed by atoms with Crippen LogP contribution in [0.2, 0.25) is 0 Å². The molecule has 0 saturated heterocycles. The van der Waals surface area contributed by atoms with Gasteiger partial charge in [0, 0.05) is 24.8 Å². The molecule has 3 heterocycles. The molecule has 1 aromatic carbocycles. The van der Waals surface area contributed by atoms with E-state index in [1.165, 1.54) is 18.4 Å². The van der Waals surface area contributed by atoms with Gasteiger partial charge in [0.05, 0.1) is 6.04 Å². The highest BCUT2D eigenvalue weighted by Crippen LogP contribution is 2.51. The molecule has 1 spiro atoms. The number of hydrogen-bond donors (Lipinski definition) is 0. The van der Waals surface area contributed by atoms with Gasteiger partial charge in [-0.2, -0.15) is 5.10 Å². The van der Waals surface area contributed by atoms with Crippen LogP contribution in [0.15, 0.2) is 45.9 Å². The predicted octanol–water partition coefficient (Wildman–Crippen LogP) is 4.40. The summed E-state index contributed by atoms with van der Waals surface area (Å²) in [7, 11) is 0. The summed E-state index contributed by atoms with van der Waals surface area (Å²) in [6.45, 7) is 1.98. The first-order chi connectivity index (χ1) is 11.3. The molecule has 4 heteroatoms. The van der Waals surface area contributed by atoms with Crippen molar-refractivity contribution in [2.75, 3.05) is 0 Å². The van der Waals surface area contributed by atoms with Crippen molar-refractivity contribution < 1.29 is 9.15 Å². The van der Waals surface area contributed by atoms with Gasteiger partial charge in [-0.05, 0) is 38.0 Å². The highest BCUT2D eigenvalue weighted by Gasteiger charge is 2.51. The van der Waals surface area contributed by atoms with Crippen LogP contribution in [0.3, 0.4) is 0 Å². The Hall–Kier alpha value is -2.23. The lowest BCUT2D eigenvalue weighted by molar-refractivity contribution is -0.114. The van der Waals surface area contributed by atoms with Crippen molar-refractivity contribution in [1.82, 2.24) is 5.01 Å². The first kappa shape index (κ1) is 13.2. The Labute approximate surface area is 135 Å². The second-order valence-corrected chi connectivity index (χ2v) is 6.81. The van der Waals surface area contributed by atoms with E-state index in [4.69, 9.17) is 14.3 Å². The van der Waals surface area contributed by atoms with Crippen LogP contribution in [0, 0.1) is 6.92 Å². The fourth-order valence-corrected chi connectivity index (χ4v) is 4.23. The van der Waals surface area contributed by atoms with E-state index >= 15 is 0 Å². The fourth-order valence-electron chi connectivity index (χ4n) is 4.23. The van der Waals surface area contributed by atoms with Crippen molar-refractivity contribution in [2.24, 2.45) is 5.10 Å². The minimum Gasteiger partial charge on any atom is -0.466 e. The average molecular weight is 308 g/mol. The quantitative estimate of drug-likeness (QED) is 0.783. The second kappa shape index (κ2) is 4.63. The largest absolute Gasteiger partial charge is 0.466 e. The number of ether oxygens (including phenoxy) is 1. The van der Waals surface area contributed by atoms with E-state index in [-0.39, 0.29) is 11.8 Å². The fraction of sp³-hybridized carbons (Fsp3) is 0.421. The Morgan fingerprint density at radius 1 is 1.13 bits per heavy atom. The number of aryl methyl sites for hydroxylation is 1. The number of hydrazone groups is 1. The summed E-state index contributed by atoms with van der Waals surface area (Å²) >= 11 is 0. The topological polar surface area (TPSA) is 38.0 Å². The third-order valence-corrected chi connectivity index (χ3v) is 5.32. The number of rotatable bonds is 1.